The Morgan fingerprint density at radius 2 is 1.60 bits per heavy atom. The van der Waals surface area contributed by atoms with Gasteiger partial charge in [0.25, 0.3) is 0 Å². The Bertz CT molecular complexity index is 1080. The molecule has 1 aromatic heterocycles. The third-order valence-electron chi connectivity index (χ3n) is 4.80. The average Bonchev–Trinajstić information content (AvgIpc) is 3.08. The Balaban J connectivity index is 2.05. The molecule has 0 saturated heterocycles. The maximum absolute atomic E-state index is 13.5. The lowest BCUT2D eigenvalue weighted by Crippen LogP contribution is -2.14. The number of methoxy groups -OCH3 is 1. The summed E-state index contributed by atoms with van der Waals surface area (Å²) in [5.74, 6) is -1.44. The van der Waals surface area contributed by atoms with Crippen molar-refractivity contribution >= 4 is 17.7 Å². The van der Waals surface area contributed by atoms with E-state index in [9.17, 15) is 14.4 Å². The van der Waals surface area contributed by atoms with Crippen molar-refractivity contribution in [2.24, 2.45) is 0 Å². The highest BCUT2D eigenvalue weighted by Crippen LogP contribution is 2.26. The fraction of sp³-hybridized carbons (Fsp3) is 0.208. The molecule has 6 nitrogen and oxygen atoms in total. The first kappa shape index (κ1) is 21.0. The lowest BCUT2D eigenvalue weighted by molar-refractivity contribution is -0.142. The number of aryl methyl sites for hydroxylation is 1. The lowest BCUT2D eigenvalue weighted by atomic mass is 9.92. The van der Waals surface area contributed by atoms with Crippen molar-refractivity contribution in [3.8, 4) is 0 Å². The van der Waals surface area contributed by atoms with Crippen LogP contribution in [-0.4, -0.2) is 29.8 Å². The van der Waals surface area contributed by atoms with Gasteiger partial charge in [0.1, 0.15) is 6.61 Å². The Kier molecular flexibility index (Phi) is 6.47. The molecule has 2 aromatic carbocycles. The third kappa shape index (κ3) is 4.49. The van der Waals surface area contributed by atoms with Gasteiger partial charge < -0.3 is 14.5 Å². The fourth-order valence-electron chi connectivity index (χ4n) is 3.43. The van der Waals surface area contributed by atoms with Crippen LogP contribution in [0.3, 0.4) is 0 Å². The molecular formula is C24H23NO5. The Morgan fingerprint density at radius 1 is 0.933 bits per heavy atom. The summed E-state index contributed by atoms with van der Waals surface area (Å²) < 4.78 is 9.93. The molecule has 154 valence electrons. The normalized spacial score (nSPS) is 10.5. The van der Waals surface area contributed by atoms with Gasteiger partial charge in [-0.1, -0.05) is 54.6 Å². The van der Waals surface area contributed by atoms with Crippen LogP contribution in [0.2, 0.25) is 0 Å². The highest BCUT2D eigenvalue weighted by atomic mass is 16.5. The zero-order valence-corrected chi connectivity index (χ0v) is 17.2. The van der Waals surface area contributed by atoms with Crippen LogP contribution >= 0.6 is 0 Å². The Labute approximate surface area is 174 Å². The van der Waals surface area contributed by atoms with Gasteiger partial charge >= 0.3 is 11.9 Å². The third-order valence-corrected chi connectivity index (χ3v) is 4.80. The largest absolute Gasteiger partial charge is 0.465 e. The zero-order chi connectivity index (χ0) is 21.7. The highest BCUT2D eigenvalue weighted by Gasteiger charge is 2.28. The van der Waals surface area contributed by atoms with Crippen LogP contribution in [0, 0.1) is 6.92 Å². The van der Waals surface area contributed by atoms with Gasteiger partial charge in [-0.15, -0.1) is 0 Å². The van der Waals surface area contributed by atoms with Crippen LogP contribution in [0.15, 0.2) is 54.6 Å². The van der Waals surface area contributed by atoms with Crippen LogP contribution in [0.1, 0.15) is 55.7 Å². The molecule has 0 bridgehead atoms. The smallest absolute Gasteiger partial charge is 0.340 e. The number of hydrogen-bond donors (Lipinski definition) is 1. The van der Waals surface area contributed by atoms with Crippen LogP contribution < -0.4 is 0 Å². The summed E-state index contributed by atoms with van der Waals surface area (Å²) in [5.41, 5.74) is 3.60. The topological polar surface area (TPSA) is 85.5 Å². The molecule has 0 atom stereocenters. The first-order valence-electron chi connectivity index (χ1n) is 9.52. The van der Waals surface area contributed by atoms with Crippen molar-refractivity contribution < 1.29 is 23.9 Å². The molecule has 0 fully saturated rings. The van der Waals surface area contributed by atoms with Gasteiger partial charge in [-0.3, -0.25) is 9.59 Å². The summed E-state index contributed by atoms with van der Waals surface area (Å²) in [6, 6.07) is 17.2. The molecule has 1 N–H and O–H groups in total. The molecule has 0 saturated carbocycles. The van der Waals surface area contributed by atoms with Crippen LogP contribution in [0.5, 0.6) is 0 Å². The predicted molar refractivity (Wildman–Crippen MR) is 111 cm³/mol. The minimum absolute atomic E-state index is 0.0933. The van der Waals surface area contributed by atoms with Crippen molar-refractivity contribution in [3.05, 3.63) is 93.8 Å². The fourth-order valence-corrected chi connectivity index (χ4v) is 3.43. The molecule has 6 heteroatoms. The van der Waals surface area contributed by atoms with E-state index in [1.54, 1.807) is 19.1 Å². The van der Waals surface area contributed by atoms with Gasteiger partial charge in [0, 0.05) is 18.2 Å². The number of hydrogen-bond acceptors (Lipinski definition) is 5. The van der Waals surface area contributed by atoms with E-state index < -0.39 is 11.9 Å². The van der Waals surface area contributed by atoms with Gasteiger partial charge in [-0.2, -0.15) is 0 Å². The summed E-state index contributed by atoms with van der Waals surface area (Å²) in [4.78, 5) is 40.2. The standard InChI is InChI=1S/C24H23NO5/c1-15-21(22(24(28)29-3)20(25-15)14-30-16(2)26)23(27)19-12-8-7-11-18(19)13-17-9-5-4-6-10-17/h4-12,25H,13-14H2,1-3H3. The van der Waals surface area contributed by atoms with E-state index in [1.165, 1.54) is 14.0 Å². The second-order valence-corrected chi connectivity index (χ2v) is 6.90. The van der Waals surface area contributed by atoms with Crippen LogP contribution in [-0.2, 0) is 27.3 Å². The molecule has 1 heterocycles. The average molecular weight is 405 g/mol. The summed E-state index contributed by atoms with van der Waals surface area (Å²) in [5, 5.41) is 0. The predicted octanol–water partition coefficient (Wildman–Crippen LogP) is 3.99. The second kappa shape index (κ2) is 9.22. The number of ketones is 1. The first-order valence-corrected chi connectivity index (χ1v) is 9.52. The number of aromatic amines is 1. The summed E-state index contributed by atoms with van der Waals surface area (Å²) in [7, 11) is 1.25. The van der Waals surface area contributed by atoms with Gasteiger partial charge in [-0.25, -0.2) is 4.79 Å². The van der Waals surface area contributed by atoms with Crippen molar-refractivity contribution in [1.82, 2.24) is 4.98 Å². The molecule has 0 aliphatic heterocycles. The Hall–Kier alpha value is -3.67. The molecule has 3 aromatic rings. The van der Waals surface area contributed by atoms with Crippen molar-refractivity contribution in [2.45, 2.75) is 26.9 Å². The summed E-state index contributed by atoms with van der Waals surface area (Å²) >= 11 is 0. The van der Waals surface area contributed by atoms with E-state index in [2.05, 4.69) is 4.98 Å². The van der Waals surface area contributed by atoms with E-state index in [0.29, 0.717) is 23.4 Å². The minimum Gasteiger partial charge on any atom is -0.465 e. The number of ether oxygens (including phenoxy) is 2. The number of rotatable bonds is 7. The minimum atomic E-state index is -0.662. The SMILES string of the molecule is COC(=O)c1c(COC(C)=O)[nH]c(C)c1C(=O)c1ccccc1Cc1ccccc1. The number of esters is 2. The first-order chi connectivity index (χ1) is 14.4. The zero-order valence-electron chi connectivity index (χ0n) is 17.2. The van der Waals surface area contributed by atoms with E-state index >= 15 is 0 Å². The van der Waals surface area contributed by atoms with Crippen molar-refractivity contribution in [1.29, 1.82) is 0 Å². The van der Waals surface area contributed by atoms with E-state index in [-0.39, 0.29) is 23.5 Å². The van der Waals surface area contributed by atoms with Crippen molar-refractivity contribution in [2.75, 3.05) is 7.11 Å². The van der Waals surface area contributed by atoms with E-state index in [4.69, 9.17) is 9.47 Å². The lowest BCUT2D eigenvalue weighted by Gasteiger charge is -2.11. The number of carbonyl (C=O) groups is 3. The molecule has 3 rings (SSSR count). The van der Waals surface area contributed by atoms with Crippen LogP contribution in [0.25, 0.3) is 0 Å². The molecule has 0 aliphatic carbocycles. The maximum Gasteiger partial charge on any atom is 0.340 e. The van der Waals surface area contributed by atoms with Gasteiger partial charge in [-0.05, 0) is 24.5 Å². The van der Waals surface area contributed by atoms with Gasteiger partial charge in [0.05, 0.1) is 23.9 Å². The van der Waals surface area contributed by atoms with E-state index in [1.807, 2.05) is 42.5 Å². The van der Waals surface area contributed by atoms with Crippen LogP contribution in [0.4, 0.5) is 0 Å². The summed E-state index contributed by atoms with van der Waals surface area (Å²) in [6.07, 6.45) is 0.583. The molecular weight excluding hydrogens is 382 g/mol. The maximum atomic E-state index is 13.5. The van der Waals surface area contributed by atoms with Crippen molar-refractivity contribution in [3.63, 3.8) is 0 Å². The van der Waals surface area contributed by atoms with E-state index in [0.717, 1.165) is 11.1 Å². The number of nitrogens with one attached hydrogen (secondary N) is 1. The summed E-state index contributed by atoms with van der Waals surface area (Å²) in [6.45, 7) is 2.83. The molecule has 0 amide bonds. The highest BCUT2D eigenvalue weighted by molar-refractivity contribution is 6.16. The molecule has 0 spiro atoms. The number of carbonyl (C=O) groups excluding carboxylic acids is 3. The number of H-pyrrole nitrogens is 1. The molecule has 0 unspecified atom stereocenters. The number of benzene rings is 2. The Morgan fingerprint density at radius 3 is 2.27 bits per heavy atom. The second-order valence-electron chi connectivity index (χ2n) is 6.90. The number of aromatic nitrogens is 1. The van der Waals surface area contributed by atoms with Gasteiger partial charge in [0.15, 0.2) is 5.78 Å². The monoisotopic (exact) mass is 405 g/mol. The van der Waals surface area contributed by atoms with Gasteiger partial charge in [0.2, 0.25) is 0 Å². The molecule has 0 radical (unpaired) electrons. The molecule has 0 aliphatic rings. The quantitative estimate of drug-likeness (QED) is 0.474. The molecule has 30 heavy (non-hydrogen) atoms.